The van der Waals surface area contributed by atoms with Crippen molar-refractivity contribution in [1.82, 2.24) is 20.1 Å². The Morgan fingerprint density at radius 2 is 2.17 bits per heavy atom. The predicted molar refractivity (Wildman–Crippen MR) is 72.4 cm³/mol. The van der Waals surface area contributed by atoms with Crippen LogP contribution in [0.25, 0.3) is 0 Å². The van der Waals surface area contributed by atoms with Crippen LogP contribution in [0.1, 0.15) is 31.3 Å². The molecule has 1 N–H and O–H groups in total. The molecule has 1 heterocycles. The van der Waals surface area contributed by atoms with Gasteiger partial charge in [0, 0.05) is 17.6 Å². The second kappa shape index (κ2) is 5.98. The monoisotopic (exact) mass is 264 g/mol. The maximum Gasteiger partial charge on any atom is 0.146 e. The molecule has 5 heteroatoms. The van der Waals surface area contributed by atoms with Crippen molar-refractivity contribution in [2.75, 3.05) is 0 Å². The van der Waals surface area contributed by atoms with E-state index in [0.717, 1.165) is 23.0 Å². The van der Waals surface area contributed by atoms with Crippen LogP contribution in [-0.4, -0.2) is 14.8 Å². The van der Waals surface area contributed by atoms with Gasteiger partial charge >= 0.3 is 0 Å². The molecule has 1 aromatic carbocycles. The van der Waals surface area contributed by atoms with Crippen molar-refractivity contribution in [2.24, 2.45) is 0 Å². The summed E-state index contributed by atoms with van der Waals surface area (Å²) >= 11 is 6.17. The number of benzene rings is 1. The third kappa shape index (κ3) is 2.89. The van der Waals surface area contributed by atoms with Crippen molar-refractivity contribution in [2.45, 2.75) is 33.0 Å². The van der Waals surface area contributed by atoms with Gasteiger partial charge in [-0.3, -0.25) is 0 Å². The lowest BCUT2D eigenvalue weighted by molar-refractivity contribution is 0.539. The number of nitrogens with one attached hydrogen (secondary N) is 1. The van der Waals surface area contributed by atoms with Crippen LogP contribution in [0.15, 0.2) is 30.6 Å². The average Bonchev–Trinajstić information content (AvgIpc) is 2.84. The fraction of sp³-hybridized carbons (Fsp3) is 0.385. The van der Waals surface area contributed by atoms with Crippen LogP contribution in [0, 0.1) is 0 Å². The maximum atomic E-state index is 6.17. The van der Waals surface area contributed by atoms with Crippen molar-refractivity contribution in [1.29, 1.82) is 0 Å². The van der Waals surface area contributed by atoms with Gasteiger partial charge in [0.05, 0.1) is 6.54 Å². The zero-order valence-electron chi connectivity index (χ0n) is 10.6. The number of rotatable bonds is 5. The van der Waals surface area contributed by atoms with E-state index < -0.39 is 0 Å². The van der Waals surface area contributed by atoms with E-state index in [-0.39, 0.29) is 6.04 Å². The van der Waals surface area contributed by atoms with Crippen LogP contribution in [-0.2, 0) is 13.1 Å². The Labute approximate surface area is 112 Å². The van der Waals surface area contributed by atoms with Crippen molar-refractivity contribution in [3.8, 4) is 0 Å². The molecule has 0 spiro atoms. The van der Waals surface area contributed by atoms with Crippen LogP contribution in [0.2, 0.25) is 5.02 Å². The largest absolute Gasteiger partial charge is 0.317 e. The molecule has 18 heavy (non-hydrogen) atoms. The molecule has 0 radical (unpaired) electrons. The molecular weight excluding hydrogens is 248 g/mol. The Balaban J connectivity index is 2.01. The zero-order valence-corrected chi connectivity index (χ0v) is 11.4. The van der Waals surface area contributed by atoms with E-state index >= 15 is 0 Å². The molecule has 96 valence electrons. The molecule has 2 aromatic rings. The quantitative estimate of drug-likeness (QED) is 0.903. The number of aromatic nitrogens is 3. The summed E-state index contributed by atoms with van der Waals surface area (Å²) in [6.45, 7) is 5.73. The second-order valence-electron chi connectivity index (χ2n) is 4.16. The summed E-state index contributed by atoms with van der Waals surface area (Å²) in [5.74, 6) is 0.941. The SMILES string of the molecule is CCn1cnnc1CNC(C)c1ccccc1Cl. The predicted octanol–water partition coefficient (Wildman–Crippen LogP) is 2.80. The number of hydrogen-bond acceptors (Lipinski definition) is 3. The van der Waals surface area contributed by atoms with Gasteiger partial charge < -0.3 is 9.88 Å². The van der Waals surface area contributed by atoms with Gasteiger partial charge in [-0.2, -0.15) is 0 Å². The highest BCUT2D eigenvalue weighted by atomic mass is 35.5. The molecule has 1 unspecified atom stereocenters. The highest BCUT2D eigenvalue weighted by molar-refractivity contribution is 6.31. The van der Waals surface area contributed by atoms with Crippen molar-refractivity contribution in [3.05, 3.63) is 47.0 Å². The molecule has 0 aliphatic rings. The van der Waals surface area contributed by atoms with Crippen LogP contribution in [0.5, 0.6) is 0 Å². The fourth-order valence-electron chi connectivity index (χ4n) is 1.86. The maximum absolute atomic E-state index is 6.17. The van der Waals surface area contributed by atoms with Gasteiger partial charge in [-0.1, -0.05) is 29.8 Å². The molecule has 0 aliphatic carbocycles. The average molecular weight is 265 g/mol. The number of aryl methyl sites for hydroxylation is 1. The Morgan fingerprint density at radius 3 is 2.89 bits per heavy atom. The van der Waals surface area contributed by atoms with Crippen molar-refractivity contribution >= 4 is 11.6 Å². The van der Waals surface area contributed by atoms with Crippen LogP contribution in [0.3, 0.4) is 0 Å². The first kappa shape index (κ1) is 13.1. The smallest absolute Gasteiger partial charge is 0.146 e. The van der Waals surface area contributed by atoms with Gasteiger partial charge in [0.25, 0.3) is 0 Å². The standard InChI is InChI=1S/C13H17ClN4/c1-3-18-9-16-17-13(18)8-15-10(2)11-6-4-5-7-12(11)14/h4-7,9-10,15H,3,8H2,1-2H3. The first-order chi connectivity index (χ1) is 8.72. The Kier molecular flexibility index (Phi) is 4.33. The van der Waals surface area contributed by atoms with Gasteiger partial charge in [-0.25, -0.2) is 0 Å². The normalized spacial score (nSPS) is 12.6. The van der Waals surface area contributed by atoms with Gasteiger partial charge in [-0.05, 0) is 25.5 Å². The van der Waals surface area contributed by atoms with E-state index in [9.17, 15) is 0 Å². The Hall–Kier alpha value is -1.39. The number of nitrogens with zero attached hydrogens (tertiary/aromatic N) is 3. The third-order valence-electron chi connectivity index (χ3n) is 2.97. The molecule has 0 amide bonds. The zero-order chi connectivity index (χ0) is 13.0. The first-order valence-corrected chi connectivity index (χ1v) is 6.44. The van der Waals surface area contributed by atoms with E-state index in [4.69, 9.17) is 11.6 Å². The van der Waals surface area contributed by atoms with Crippen LogP contribution >= 0.6 is 11.6 Å². The minimum absolute atomic E-state index is 0.181. The highest BCUT2D eigenvalue weighted by Crippen LogP contribution is 2.22. The van der Waals surface area contributed by atoms with E-state index in [1.165, 1.54) is 0 Å². The summed E-state index contributed by atoms with van der Waals surface area (Å²) in [6.07, 6.45) is 1.75. The molecular formula is C13H17ClN4. The van der Waals surface area contributed by atoms with E-state index in [0.29, 0.717) is 6.54 Å². The van der Waals surface area contributed by atoms with Gasteiger partial charge in [0.15, 0.2) is 0 Å². The second-order valence-corrected chi connectivity index (χ2v) is 4.56. The molecule has 0 fully saturated rings. The van der Waals surface area contributed by atoms with Crippen LogP contribution < -0.4 is 5.32 Å². The molecule has 4 nitrogen and oxygen atoms in total. The van der Waals surface area contributed by atoms with Crippen molar-refractivity contribution < 1.29 is 0 Å². The van der Waals surface area contributed by atoms with Gasteiger partial charge in [-0.15, -0.1) is 10.2 Å². The third-order valence-corrected chi connectivity index (χ3v) is 3.32. The van der Waals surface area contributed by atoms with Gasteiger partial charge in [0.2, 0.25) is 0 Å². The first-order valence-electron chi connectivity index (χ1n) is 6.07. The molecule has 2 rings (SSSR count). The molecule has 0 aliphatic heterocycles. The summed E-state index contributed by atoms with van der Waals surface area (Å²) < 4.78 is 2.02. The Morgan fingerprint density at radius 1 is 1.39 bits per heavy atom. The van der Waals surface area contributed by atoms with E-state index in [1.807, 2.05) is 28.8 Å². The lowest BCUT2D eigenvalue weighted by atomic mass is 10.1. The molecule has 0 bridgehead atoms. The van der Waals surface area contributed by atoms with Crippen LogP contribution in [0.4, 0.5) is 0 Å². The number of halogens is 1. The summed E-state index contributed by atoms with van der Waals surface area (Å²) in [7, 11) is 0. The molecule has 0 saturated carbocycles. The van der Waals surface area contributed by atoms with Gasteiger partial charge in [0.1, 0.15) is 12.2 Å². The lowest BCUT2D eigenvalue weighted by Gasteiger charge is -2.15. The molecule has 1 aromatic heterocycles. The topological polar surface area (TPSA) is 42.7 Å². The Bertz CT molecular complexity index is 509. The highest BCUT2D eigenvalue weighted by Gasteiger charge is 2.10. The minimum Gasteiger partial charge on any atom is -0.317 e. The minimum atomic E-state index is 0.181. The van der Waals surface area contributed by atoms with Crippen molar-refractivity contribution in [3.63, 3.8) is 0 Å². The lowest BCUT2D eigenvalue weighted by Crippen LogP contribution is -2.20. The fourth-order valence-corrected chi connectivity index (χ4v) is 2.16. The van der Waals surface area contributed by atoms with E-state index in [2.05, 4.69) is 29.4 Å². The summed E-state index contributed by atoms with van der Waals surface area (Å²) in [5.41, 5.74) is 1.10. The summed E-state index contributed by atoms with van der Waals surface area (Å²) in [5, 5.41) is 12.2. The number of hydrogen-bond donors (Lipinski definition) is 1. The van der Waals surface area contributed by atoms with E-state index in [1.54, 1.807) is 6.33 Å². The summed E-state index contributed by atoms with van der Waals surface area (Å²) in [6, 6.07) is 8.05. The summed E-state index contributed by atoms with van der Waals surface area (Å²) in [4.78, 5) is 0. The molecule has 1 atom stereocenters. The molecule has 0 saturated heterocycles.